The quantitative estimate of drug-likeness (QED) is 0.863. The van der Waals surface area contributed by atoms with Crippen molar-refractivity contribution in [1.29, 1.82) is 5.26 Å². The molecule has 0 aliphatic heterocycles. The van der Waals surface area contributed by atoms with Gasteiger partial charge in [-0.25, -0.2) is 0 Å². The van der Waals surface area contributed by atoms with Gasteiger partial charge in [0.05, 0.1) is 0 Å². The van der Waals surface area contributed by atoms with Crippen molar-refractivity contribution in [2.24, 2.45) is 11.1 Å². The number of rotatable bonds is 5. The molecule has 5 nitrogen and oxygen atoms in total. The normalized spacial score (nSPS) is 12.3. The Hall–Kier alpha value is -2.06. The van der Waals surface area contributed by atoms with E-state index in [2.05, 4.69) is 5.32 Å². The van der Waals surface area contributed by atoms with Gasteiger partial charge in [-0.2, -0.15) is 5.26 Å². The summed E-state index contributed by atoms with van der Waals surface area (Å²) in [4.78, 5) is 11.9. The van der Waals surface area contributed by atoms with Crippen molar-refractivity contribution in [2.75, 3.05) is 11.9 Å². The van der Waals surface area contributed by atoms with Gasteiger partial charge in [-0.15, -0.1) is 0 Å². The van der Waals surface area contributed by atoms with Crippen molar-refractivity contribution < 1.29 is 9.53 Å². The molecule has 1 rings (SSSR count). The van der Waals surface area contributed by atoms with Crippen LogP contribution < -0.4 is 15.8 Å². The average Bonchev–Trinajstić information content (AvgIpc) is 2.36. The molecular weight excluding hydrogens is 254 g/mol. The Morgan fingerprint density at radius 1 is 1.40 bits per heavy atom. The number of carbonyl (C=O) groups excluding carboxylic acids is 1. The van der Waals surface area contributed by atoms with E-state index in [4.69, 9.17) is 15.7 Å². The van der Waals surface area contributed by atoms with Crippen LogP contribution in [0, 0.1) is 16.7 Å². The lowest BCUT2D eigenvalue weighted by molar-refractivity contribution is -0.117. The van der Waals surface area contributed by atoms with E-state index in [1.807, 2.05) is 26.8 Å². The molecule has 0 aliphatic carbocycles. The lowest BCUT2D eigenvalue weighted by atomic mass is 9.85. The van der Waals surface area contributed by atoms with Crippen molar-refractivity contribution in [1.82, 2.24) is 0 Å². The standard InChI is InChI=1S/C15H21N3O2/c1-15(2,3)13(17)10-14(19)18-11-4-6-12(7-5-11)20-9-8-16/h4-7,13H,9-10,17H2,1-3H3,(H,18,19). The minimum absolute atomic E-state index is 0.00609. The molecule has 1 aromatic carbocycles. The predicted molar refractivity (Wildman–Crippen MR) is 78.2 cm³/mol. The van der Waals surface area contributed by atoms with Crippen LogP contribution in [-0.4, -0.2) is 18.6 Å². The molecule has 1 amide bonds. The lowest BCUT2D eigenvalue weighted by Crippen LogP contribution is -2.38. The number of hydrogen-bond donors (Lipinski definition) is 2. The molecule has 0 saturated heterocycles. The van der Waals surface area contributed by atoms with Gasteiger partial charge in [0.15, 0.2) is 6.61 Å². The highest BCUT2D eigenvalue weighted by atomic mass is 16.5. The fraction of sp³-hybridized carbons (Fsp3) is 0.467. The van der Waals surface area contributed by atoms with E-state index >= 15 is 0 Å². The topological polar surface area (TPSA) is 88.1 Å². The van der Waals surface area contributed by atoms with Gasteiger partial charge in [0.1, 0.15) is 11.8 Å². The van der Waals surface area contributed by atoms with Gasteiger partial charge in [0.2, 0.25) is 5.91 Å². The largest absolute Gasteiger partial charge is 0.479 e. The first kappa shape index (κ1) is 16.0. The Morgan fingerprint density at radius 3 is 2.50 bits per heavy atom. The Labute approximate surface area is 119 Å². The van der Waals surface area contributed by atoms with Crippen LogP contribution in [0.4, 0.5) is 5.69 Å². The molecule has 3 N–H and O–H groups in total. The third kappa shape index (κ3) is 5.29. The molecular formula is C15H21N3O2. The van der Waals surface area contributed by atoms with Crippen molar-refractivity contribution in [3.63, 3.8) is 0 Å². The summed E-state index contributed by atoms with van der Waals surface area (Å²) >= 11 is 0. The second-order valence-corrected chi connectivity index (χ2v) is 5.70. The lowest BCUT2D eigenvalue weighted by Gasteiger charge is -2.26. The van der Waals surface area contributed by atoms with Gasteiger partial charge >= 0.3 is 0 Å². The monoisotopic (exact) mass is 275 g/mol. The number of nitrogens with one attached hydrogen (secondary N) is 1. The molecule has 0 aliphatic rings. The van der Waals surface area contributed by atoms with E-state index in [9.17, 15) is 4.79 Å². The number of nitriles is 1. The maximum absolute atomic E-state index is 11.9. The van der Waals surface area contributed by atoms with E-state index in [1.165, 1.54) is 0 Å². The number of amides is 1. The van der Waals surface area contributed by atoms with Crippen LogP contribution >= 0.6 is 0 Å². The number of hydrogen-bond acceptors (Lipinski definition) is 4. The van der Waals surface area contributed by atoms with Crippen LogP contribution in [0.3, 0.4) is 0 Å². The van der Waals surface area contributed by atoms with Gasteiger partial charge in [0, 0.05) is 18.2 Å². The molecule has 0 bridgehead atoms. The Morgan fingerprint density at radius 2 is 2.00 bits per heavy atom. The molecule has 1 atom stereocenters. The Bertz CT molecular complexity index is 483. The van der Waals surface area contributed by atoms with Crippen LogP contribution in [0.2, 0.25) is 0 Å². The van der Waals surface area contributed by atoms with E-state index < -0.39 is 0 Å². The van der Waals surface area contributed by atoms with Crippen LogP contribution in [-0.2, 0) is 4.79 Å². The van der Waals surface area contributed by atoms with E-state index in [-0.39, 0.29) is 30.4 Å². The summed E-state index contributed by atoms with van der Waals surface area (Å²) in [6.45, 7) is 6.02. The van der Waals surface area contributed by atoms with Crippen molar-refractivity contribution in [2.45, 2.75) is 33.2 Å². The number of benzene rings is 1. The third-order valence-corrected chi connectivity index (χ3v) is 2.96. The van der Waals surface area contributed by atoms with Gasteiger partial charge in [-0.3, -0.25) is 4.79 Å². The van der Waals surface area contributed by atoms with Gasteiger partial charge < -0.3 is 15.8 Å². The maximum Gasteiger partial charge on any atom is 0.225 e. The fourth-order valence-corrected chi connectivity index (χ4v) is 1.47. The number of anilines is 1. The van der Waals surface area contributed by atoms with E-state index in [0.29, 0.717) is 11.4 Å². The SMILES string of the molecule is CC(C)(C)C(N)CC(=O)Nc1ccc(OCC#N)cc1. The zero-order valence-corrected chi connectivity index (χ0v) is 12.1. The molecule has 0 aromatic heterocycles. The van der Waals surface area contributed by atoms with Crippen molar-refractivity contribution >= 4 is 11.6 Å². The van der Waals surface area contributed by atoms with Gasteiger partial charge in [-0.05, 0) is 29.7 Å². The summed E-state index contributed by atoms with van der Waals surface area (Å²) in [6, 6.07) is 8.57. The molecule has 1 aromatic rings. The average molecular weight is 275 g/mol. The minimum Gasteiger partial charge on any atom is -0.479 e. The first-order chi connectivity index (χ1) is 9.32. The number of ether oxygens (including phenoxy) is 1. The van der Waals surface area contributed by atoms with Gasteiger partial charge in [-0.1, -0.05) is 20.8 Å². The molecule has 0 fully saturated rings. The van der Waals surface area contributed by atoms with Crippen LogP contribution in [0.25, 0.3) is 0 Å². The summed E-state index contributed by atoms with van der Waals surface area (Å²) in [5.74, 6) is 0.481. The summed E-state index contributed by atoms with van der Waals surface area (Å²) < 4.78 is 5.13. The molecule has 1 unspecified atom stereocenters. The van der Waals surface area contributed by atoms with Crippen molar-refractivity contribution in [3.8, 4) is 11.8 Å². The Balaban J connectivity index is 2.52. The molecule has 108 valence electrons. The summed E-state index contributed by atoms with van der Waals surface area (Å²) in [6.07, 6.45) is 0.274. The third-order valence-electron chi connectivity index (χ3n) is 2.96. The van der Waals surface area contributed by atoms with E-state index in [1.54, 1.807) is 24.3 Å². The van der Waals surface area contributed by atoms with Crippen LogP contribution in [0.1, 0.15) is 27.2 Å². The molecule has 5 heteroatoms. The summed E-state index contributed by atoms with van der Waals surface area (Å²) in [5, 5.41) is 11.2. The highest BCUT2D eigenvalue weighted by Crippen LogP contribution is 2.21. The highest BCUT2D eigenvalue weighted by Gasteiger charge is 2.23. The highest BCUT2D eigenvalue weighted by molar-refractivity contribution is 5.91. The fourth-order valence-electron chi connectivity index (χ4n) is 1.47. The van der Waals surface area contributed by atoms with Crippen molar-refractivity contribution in [3.05, 3.63) is 24.3 Å². The second-order valence-electron chi connectivity index (χ2n) is 5.70. The maximum atomic E-state index is 11.9. The zero-order chi connectivity index (χ0) is 15.2. The minimum atomic E-state index is -0.194. The smallest absolute Gasteiger partial charge is 0.225 e. The Kier molecular flexibility index (Phi) is 5.53. The summed E-state index contributed by atoms with van der Waals surface area (Å²) in [5.41, 5.74) is 6.55. The summed E-state index contributed by atoms with van der Waals surface area (Å²) in [7, 11) is 0. The predicted octanol–water partition coefficient (Wildman–Crippen LogP) is 2.29. The number of nitrogens with zero attached hydrogens (tertiary/aromatic N) is 1. The molecule has 0 spiro atoms. The first-order valence-corrected chi connectivity index (χ1v) is 6.48. The number of carbonyl (C=O) groups is 1. The first-order valence-electron chi connectivity index (χ1n) is 6.48. The van der Waals surface area contributed by atoms with Gasteiger partial charge in [0.25, 0.3) is 0 Å². The zero-order valence-electron chi connectivity index (χ0n) is 12.1. The molecule has 20 heavy (non-hydrogen) atoms. The van der Waals surface area contributed by atoms with E-state index in [0.717, 1.165) is 0 Å². The second kappa shape index (κ2) is 6.92. The molecule has 0 radical (unpaired) electrons. The molecule has 0 heterocycles. The van der Waals surface area contributed by atoms with Crippen LogP contribution in [0.15, 0.2) is 24.3 Å². The van der Waals surface area contributed by atoms with Crippen LogP contribution in [0.5, 0.6) is 5.75 Å². The number of nitrogens with two attached hydrogens (primary N) is 1. The molecule has 0 saturated carbocycles.